The monoisotopic (exact) mass is 172 g/mol. The number of carbonyl (C=O) groups is 1. The molecule has 0 aromatic heterocycles. The number of rotatable bonds is 1. The first-order valence-electron chi connectivity index (χ1n) is 4.41. The molecule has 0 aromatic carbocycles. The topological polar surface area (TPSA) is 57.5 Å². The fraction of sp³-hybridized carbons (Fsp3) is 0.889. The second-order valence-corrected chi connectivity index (χ2v) is 3.94. The lowest BCUT2D eigenvalue weighted by Crippen LogP contribution is -2.47. The molecule has 3 unspecified atom stereocenters. The highest BCUT2D eigenvalue weighted by atomic mass is 16.4. The van der Waals surface area contributed by atoms with Crippen LogP contribution in [0.5, 0.6) is 0 Å². The Kier molecular flexibility index (Phi) is 2.42. The van der Waals surface area contributed by atoms with Gasteiger partial charge < -0.3 is 10.2 Å². The third-order valence-corrected chi connectivity index (χ3v) is 3.29. The van der Waals surface area contributed by atoms with Crippen LogP contribution in [0.25, 0.3) is 0 Å². The number of hydrogen-bond donors (Lipinski definition) is 2. The summed E-state index contributed by atoms with van der Waals surface area (Å²) >= 11 is 0. The fourth-order valence-electron chi connectivity index (χ4n) is 1.90. The van der Waals surface area contributed by atoms with Crippen LogP contribution in [0.3, 0.4) is 0 Å². The van der Waals surface area contributed by atoms with Gasteiger partial charge in [0.2, 0.25) is 0 Å². The molecule has 2 N–H and O–H groups in total. The lowest BCUT2D eigenvalue weighted by Gasteiger charge is -2.39. The number of carboxylic acids is 1. The van der Waals surface area contributed by atoms with Gasteiger partial charge in [-0.25, -0.2) is 0 Å². The van der Waals surface area contributed by atoms with Crippen molar-refractivity contribution >= 4 is 5.97 Å². The second-order valence-electron chi connectivity index (χ2n) is 3.94. The summed E-state index contributed by atoms with van der Waals surface area (Å²) in [6.07, 6.45) is 1.77. The maximum Gasteiger partial charge on any atom is 0.312 e. The SMILES string of the molecule is CC1CCCC(O)C1(C)C(=O)O. The average Bonchev–Trinajstić information content (AvgIpc) is 1.99. The zero-order valence-corrected chi connectivity index (χ0v) is 7.58. The highest BCUT2D eigenvalue weighted by molar-refractivity contribution is 5.75. The van der Waals surface area contributed by atoms with Crippen LogP contribution in [0.4, 0.5) is 0 Å². The van der Waals surface area contributed by atoms with Gasteiger partial charge in [-0.2, -0.15) is 0 Å². The van der Waals surface area contributed by atoms with Crippen molar-refractivity contribution in [2.45, 2.75) is 39.2 Å². The van der Waals surface area contributed by atoms with E-state index in [0.717, 1.165) is 12.8 Å². The van der Waals surface area contributed by atoms with Crippen LogP contribution in [0.2, 0.25) is 0 Å². The van der Waals surface area contributed by atoms with Gasteiger partial charge in [-0.05, 0) is 25.7 Å². The first-order chi connectivity index (χ1) is 5.49. The highest BCUT2D eigenvalue weighted by Gasteiger charge is 2.47. The van der Waals surface area contributed by atoms with Gasteiger partial charge in [-0.15, -0.1) is 0 Å². The van der Waals surface area contributed by atoms with Gasteiger partial charge in [0, 0.05) is 0 Å². The van der Waals surface area contributed by atoms with E-state index in [4.69, 9.17) is 5.11 Å². The molecule has 0 heterocycles. The second kappa shape index (κ2) is 3.05. The summed E-state index contributed by atoms with van der Waals surface area (Å²) in [4.78, 5) is 10.9. The minimum atomic E-state index is -0.932. The molecule has 3 nitrogen and oxygen atoms in total. The third-order valence-electron chi connectivity index (χ3n) is 3.29. The third kappa shape index (κ3) is 1.22. The zero-order chi connectivity index (χ0) is 9.35. The Morgan fingerprint density at radius 2 is 2.08 bits per heavy atom. The van der Waals surface area contributed by atoms with Crippen molar-refractivity contribution in [2.24, 2.45) is 11.3 Å². The molecule has 0 saturated heterocycles. The first kappa shape index (κ1) is 9.52. The normalized spacial score (nSPS) is 42.6. The van der Waals surface area contributed by atoms with Crippen LogP contribution in [0.15, 0.2) is 0 Å². The molecule has 1 rings (SSSR count). The fourth-order valence-corrected chi connectivity index (χ4v) is 1.90. The Hall–Kier alpha value is -0.570. The Balaban J connectivity index is 2.87. The molecule has 0 radical (unpaired) electrons. The molecule has 0 bridgehead atoms. The van der Waals surface area contributed by atoms with Crippen LogP contribution in [0, 0.1) is 11.3 Å². The van der Waals surface area contributed by atoms with Crippen molar-refractivity contribution in [3.8, 4) is 0 Å². The molecule has 0 amide bonds. The predicted octanol–water partition coefficient (Wildman–Crippen LogP) is 1.26. The van der Waals surface area contributed by atoms with Gasteiger partial charge >= 0.3 is 5.97 Å². The highest BCUT2D eigenvalue weighted by Crippen LogP contribution is 2.40. The number of carboxylic acid groups (broad SMARTS) is 1. The van der Waals surface area contributed by atoms with Crippen LogP contribution < -0.4 is 0 Å². The summed E-state index contributed by atoms with van der Waals surface area (Å²) in [5, 5.41) is 18.6. The standard InChI is InChI=1S/C9H16O3/c1-6-4-3-5-7(10)9(6,2)8(11)12/h6-7,10H,3-5H2,1-2H3,(H,11,12). The van der Waals surface area contributed by atoms with Gasteiger partial charge in [-0.3, -0.25) is 4.79 Å². The van der Waals surface area contributed by atoms with E-state index < -0.39 is 17.5 Å². The number of aliphatic hydroxyl groups excluding tert-OH is 1. The van der Waals surface area contributed by atoms with Crippen molar-refractivity contribution in [3.63, 3.8) is 0 Å². The smallest absolute Gasteiger partial charge is 0.312 e. The van der Waals surface area contributed by atoms with Crippen LogP contribution in [-0.2, 0) is 4.79 Å². The molecule has 12 heavy (non-hydrogen) atoms. The minimum absolute atomic E-state index is 0.0683. The van der Waals surface area contributed by atoms with Crippen molar-refractivity contribution in [1.82, 2.24) is 0 Å². The minimum Gasteiger partial charge on any atom is -0.481 e. The maximum atomic E-state index is 10.9. The lowest BCUT2D eigenvalue weighted by atomic mass is 9.66. The summed E-state index contributed by atoms with van der Waals surface area (Å²) < 4.78 is 0. The molecule has 1 aliphatic rings. The lowest BCUT2D eigenvalue weighted by molar-refractivity contribution is -0.163. The Bertz CT molecular complexity index is 178. The molecular formula is C9H16O3. The number of aliphatic carboxylic acids is 1. The summed E-state index contributed by atoms with van der Waals surface area (Å²) in [5.41, 5.74) is -0.932. The summed E-state index contributed by atoms with van der Waals surface area (Å²) in [5.74, 6) is -0.805. The molecular weight excluding hydrogens is 156 g/mol. The predicted molar refractivity (Wildman–Crippen MR) is 44.8 cm³/mol. The van der Waals surface area contributed by atoms with E-state index in [9.17, 15) is 9.90 Å². The molecule has 0 spiro atoms. The van der Waals surface area contributed by atoms with Crippen molar-refractivity contribution in [1.29, 1.82) is 0 Å². The summed E-state index contributed by atoms with van der Waals surface area (Å²) in [7, 11) is 0. The quantitative estimate of drug-likeness (QED) is 0.626. The van der Waals surface area contributed by atoms with Crippen LogP contribution >= 0.6 is 0 Å². The molecule has 70 valence electrons. The van der Waals surface area contributed by atoms with Gasteiger partial charge in [0.05, 0.1) is 11.5 Å². The average molecular weight is 172 g/mol. The summed E-state index contributed by atoms with van der Waals surface area (Å²) in [6, 6.07) is 0. The largest absolute Gasteiger partial charge is 0.481 e. The van der Waals surface area contributed by atoms with Crippen LogP contribution in [-0.4, -0.2) is 22.3 Å². The number of hydrogen-bond acceptors (Lipinski definition) is 2. The van der Waals surface area contributed by atoms with Crippen molar-refractivity contribution in [3.05, 3.63) is 0 Å². The molecule has 1 aliphatic carbocycles. The van der Waals surface area contributed by atoms with E-state index in [1.807, 2.05) is 6.92 Å². The van der Waals surface area contributed by atoms with Crippen molar-refractivity contribution in [2.75, 3.05) is 0 Å². The van der Waals surface area contributed by atoms with E-state index in [2.05, 4.69) is 0 Å². The zero-order valence-electron chi connectivity index (χ0n) is 7.58. The van der Waals surface area contributed by atoms with Gasteiger partial charge in [-0.1, -0.05) is 13.3 Å². The van der Waals surface area contributed by atoms with Gasteiger partial charge in [0.1, 0.15) is 0 Å². The van der Waals surface area contributed by atoms with E-state index in [-0.39, 0.29) is 5.92 Å². The van der Waals surface area contributed by atoms with Crippen LogP contribution in [0.1, 0.15) is 33.1 Å². The molecule has 0 aliphatic heterocycles. The first-order valence-corrected chi connectivity index (χ1v) is 4.41. The van der Waals surface area contributed by atoms with E-state index >= 15 is 0 Å². The van der Waals surface area contributed by atoms with E-state index in [0.29, 0.717) is 6.42 Å². The van der Waals surface area contributed by atoms with Gasteiger partial charge in [0.15, 0.2) is 0 Å². The Labute approximate surface area is 72.4 Å². The molecule has 1 saturated carbocycles. The molecule has 1 fully saturated rings. The van der Waals surface area contributed by atoms with Gasteiger partial charge in [0.25, 0.3) is 0 Å². The van der Waals surface area contributed by atoms with Crippen molar-refractivity contribution < 1.29 is 15.0 Å². The number of aliphatic hydroxyl groups is 1. The molecule has 0 aromatic rings. The Morgan fingerprint density at radius 3 is 2.42 bits per heavy atom. The molecule has 3 heteroatoms. The Morgan fingerprint density at radius 1 is 1.50 bits per heavy atom. The van der Waals surface area contributed by atoms with E-state index in [1.54, 1.807) is 6.92 Å². The molecule has 3 atom stereocenters. The maximum absolute atomic E-state index is 10.9. The van der Waals surface area contributed by atoms with E-state index in [1.165, 1.54) is 0 Å². The summed E-state index contributed by atoms with van der Waals surface area (Å²) in [6.45, 7) is 3.54.